The van der Waals surface area contributed by atoms with E-state index in [-0.39, 0.29) is 0 Å². The predicted molar refractivity (Wildman–Crippen MR) is 105 cm³/mol. The van der Waals surface area contributed by atoms with Crippen LogP contribution in [0.4, 0.5) is 0 Å². The van der Waals surface area contributed by atoms with Crippen molar-refractivity contribution in [3.8, 4) is 28.7 Å². The molecule has 1 heterocycles. The molecule has 0 N–H and O–H groups in total. The van der Waals surface area contributed by atoms with Gasteiger partial charge in [0.25, 0.3) is 5.22 Å². The zero-order chi connectivity index (χ0) is 19.1. The van der Waals surface area contributed by atoms with Gasteiger partial charge < -0.3 is 18.6 Å². The van der Waals surface area contributed by atoms with Gasteiger partial charge in [0.2, 0.25) is 5.89 Å². The normalized spacial score (nSPS) is 10.6. The second kappa shape index (κ2) is 9.32. The molecule has 27 heavy (non-hydrogen) atoms. The average molecular weight is 386 g/mol. The molecule has 0 spiro atoms. The van der Waals surface area contributed by atoms with Crippen LogP contribution >= 0.6 is 11.8 Å². The summed E-state index contributed by atoms with van der Waals surface area (Å²) in [4.78, 5) is 0. The molecule has 1 aromatic heterocycles. The zero-order valence-electron chi connectivity index (χ0n) is 15.6. The molecular formula is C20H22N2O4S. The molecule has 6 nitrogen and oxygen atoms in total. The van der Waals surface area contributed by atoms with E-state index in [0.29, 0.717) is 35.0 Å². The summed E-state index contributed by atoms with van der Waals surface area (Å²) < 4.78 is 22.1. The Balaban J connectivity index is 1.56. The molecule has 7 heteroatoms. The van der Waals surface area contributed by atoms with Crippen molar-refractivity contribution in [2.45, 2.75) is 18.6 Å². The highest BCUT2D eigenvalue weighted by molar-refractivity contribution is 7.99. The molecule has 3 rings (SSSR count). The fourth-order valence-corrected chi connectivity index (χ4v) is 3.04. The number of aromatic nitrogens is 2. The van der Waals surface area contributed by atoms with Crippen LogP contribution in [0.5, 0.6) is 17.2 Å². The van der Waals surface area contributed by atoms with Crippen LogP contribution in [-0.4, -0.2) is 36.8 Å². The Morgan fingerprint density at radius 2 is 1.74 bits per heavy atom. The lowest BCUT2D eigenvalue weighted by Crippen LogP contribution is -2.00. The third kappa shape index (κ3) is 5.17. The Morgan fingerprint density at radius 1 is 0.963 bits per heavy atom. The largest absolute Gasteiger partial charge is 0.497 e. The lowest BCUT2D eigenvalue weighted by atomic mass is 10.2. The van der Waals surface area contributed by atoms with Crippen molar-refractivity contribution in [3.05, 3.63) is 48.0 Å². The monoisotopic (exact) mass is 386 g/mol. The van der Waals surface area contributed by atoms with Crippen molar-refractivity contribution in [3.63, 3.8) is 0 Å². The molecule has 0 atom stereocenters. The van der Waals surface area contributed by atoms with Gasteiger partial charge >= 0.3 is 0 Å². The van der Waals surface area contributed by atoms with Gasteiger partial charge in [-0.3, -0.25) is 0 Å². The summed E-state index contributed by atoms with van der Waals surface area (Å²) in [5, 5.41) is 8.69. The van der Waals surface area contributed by atoms with Crippen LogP contribution in [0.25, 0.3) is 11.5 Å². The van der Waals surface area contributed by atoms with Gasteiger partial charge in [-0.2, -0.15) is 0 Å². The van der Waals surface area contributed by atoms with Gasteiger partial charge in [-0.15, -0.1) is 10.2 Å². The summed E-state index contributed by atoms with van der Waals surface area (Å²) in [7, 11) is 3.20. The van der Waals surface area contributed by atoms with Crippen LogP contribution in [0, 0.1) is 0 Å². The lowest BCUT2D eigenvalue weighted by Gasteiger charge is -2.06. The number of methoxy groups -OCH3 is 2. The third-order valence-corrected chi connectivity index (χ3v) is 4.67. The van der Waals surface area contributed by atoms with Crippen LogP contribution in [-0.2, 0) is 6.42 Å². The molecule has 2 aromatic carbocycles. The maximum absolute atomic E-state index is 5.78. The Bertz CT molecular complexity index is 860. The summed E-state index contributed by atoms with van der Waals surface area (Å²) >= 11 is 1.46. The molecule has 0 bridgehead atoms. The van der Waals surface area contributed by atoms with Gasteiger partial charge in [-0.1, -0.05) is 30.8 Å². The highest BCUT2D eigenvalue weighted by Crippen LogP contribution is 2.30. The van der Waals surface area contributed by atoms with E-state index in [1.807, 2.05) is 24.3 Å². The van der Waals surface area contributed by atoms with Crippen LogP contribution in [0.15, 0.2) is 52.1 Å². The number of benzene rings is 2. The molecule has 0 aliphatic rings. The van der Waals surface area contributed by atoms with Gasteiger partial charge in [0.15, 0.2) is 0 Å². The molecule has 0 aliphatic carbocycles. The van der Waals surface area contributed by atoms with Crippen LogP contribution in [0.1, 0.15) is 12.5 Å². The van der Waals surface area contributed by atoms with E-state index in [1.165, 1.54) is 17.3 Å². The van der Waals surface area contributed by atoms with Crippen LogP contribution in [0.3, 0.4) is 0 Å². The number of hydrogen-bond donors (Lipinski definition) is 0. The summed E-state index contributed by atoms with van der Waals surface area (Å²) in [6, 6.07) is 13.6. The van der Waals surface area contributed by atoms with Crippen LogP contribution < -0.4 is 14.2 Å². The maximum atomic E-state index is 5.78. The Morgan fingerprint density at radius 3 is 2.44 bits per heavy atom. The van der Waals surface area contributed by atoms with E-state index in [1.54, 1.807) is 20.3 Å². The van der Waals surface area contributed by atoms with Crippen molar-refractivity contribution in [1.29, 1.82) is 0 Å². The van der Waals surface area contributed by atoms with E-state index in [2.05, 4.69) is 29.3 Å². The molecule has 0 fully saturated rings. The first-order valence-electron chi connectivity index (χ1n) is 8.63. The fraction of sp³-hybridized carbons (Fsp3) is 0.300. The van der Waals surface area contributed by atoms with E-state index >= 15 is 0 Å². The van der Waals surface area contributed by atoms with Crippen molar-refractivity contribution in [1.82, 2.24) is 10.2 Å². The van der Waals surface area contributed by atoms with Crippen LogP contribution in [0.2, 0.25) is 0 Å². The number of ether oxygens (including phenoxy) is 3. The number of aryl methyl sites for hydroxylation is 1. The standard InChI is InChI=1S/C20H22N2O4S/c1-4-14-6-5-7-16(10-14)25-8-9-27-20-22-21-19(26-20)15-11-17(23-2)13-18(12-15)24-3/h5-7,10-13H,4,8-9H2,1-3H3. The second-order valence-electron chi connectivity index (χ2n) is 5.67. The molecule has 0 saturated heterocycles. The zero-order valence-corrected chi connectivity index (χ0v) is 16.4. The smallest absolute Gasteiger partial charge is 0.276 e. The number of nitrogens with zero attached hydrogens (tertiary/aromatic N) is 2. The number of rotatable bonds is 9. The third-order valence-electron chi connectivity index (χ3n) is 3.89. The minimum Gasteiger partial charge on any atom is -0.497 e. The Labute approximate surface area is 162 Å². The molecule has 0 unspecified atom stereocenters. The molecule has 0 saturated carbocycles. The van der Waals surface area contributed by atoms with E-state index < -0.39 is 0 Å². The summed E-state index contributed by atoms with van der Waals surface area (Å²) in [5.74, 6) is 3.34. The highest BCUT2D eigenvalue weighted by Gasteiger charge is 2.12. The van der Waals surface area contributed by atoms with Gasteiger partial charge in [0.05, 0.1) is 20.8 Å². The summed E-state index contributed by atoms with van der Waals surface area (Å²) in [5.41, 5.74) is 2.01. The van der Waals surface area contributed by atoms with E-state index in [4.69, 9.17) is 18.6 Å². The first kappa shape index (κ1) is 19.1. The lowest BCUT2D eigenvalue weighted by molar-refractivity contribution is 0.343. The Hall–Kier alpha value is -2.67. The van der Waals surface area contributed by atoms with Gasteiger partial charge in [-0.25, -0.2) is 0 Å². The maximum Gasteiger partial charge on any atom is 0.276 e. The van der Waals surface area contributed by atoms with Crippen molar-refractivity contribution >= 4 is 11.8 Å². The minimum absolute atomic E-state index is 0.422. The van der Waals surface area contributed by atoms with Gasteiger partial charge in [0, 0.05) is 17.4 Å². The molecule has 3 aromatic rings. The molecular weight excluding hydrogens is 364 g/mol. The molecule has 0 aliphatic heterocycles. The quantitative estimate of drug-likeness (QED) is 0.396. The number of hydrogen-bond acceptors (Lipinski definition) is 7. The first-order chi connectivity index (χ1) is 13.2. The number of thioether (sulfide) groups is 1. The molecule has 142 valence electrons. The van der Waals surface area contributed by atoms with Crippen molar-refractivity contribution < 1.29 is 18.6 Å². The summed E-state index contributed by atoms with van der Waals surface area (Å²) in [6.45, 7) is 2.68. The average Bonchev–Trinajstić information content (AvgIpc) is 3.20. The highest BCUT2D eigenvalue weighted by atomic mass is 32.2. The van der Waals surface area contributed by atoms with E-state index in [9.17, 15) is 0 Å². The first-order valence-corrected chi connectivity index (χ1v) is 9.62. The topological polar surface area (TPSA) is 66.6 Å². The SMILES string of the molecule is CCc1cccc(OCCSc2nnc(-c3cc(OC)cc(OC)c3)o2)c1. The minimum atomic E-state index is 0.422. The van der Waals surface area contributed by atoms with Gasteiger partial charge in [0.1, 0.15) is 17.2 Å². The second-order valence-corrected chi connectivity index (χ2v) is 6.72. The molecule has 0 radical (unpaired) electrons. The predicted octanol–water partition coefficient (Wildman–Crippen LogP) is 4.49. The molecule has 0 amide bonds. The van der Waals surface area contributed by atoms with Crippen molar-refractivity contribution in [2.24, 2.45) is 0 Å². The van der Waals surface area contributed by atoms with Gasteiger partial charge in [-0.05, 0) is 36.2 Å². The van der Waals surface area contributed by atoms with Crippen molar-refractivity contribution in [2.75, 3.05) is 26.6 Å². The van der Waals surface area contributed by atoms with E-state index in [0.717, 1.165) is 17.7 Å². The Kier molecular flexibility index (Phi) is 6.59. The fourth-order valence-electron chi connectivity index (χ4n) is 2.46. The summed E-state index contributed by atoms with van der Waals surface area (Å²) in [6.07, 6.45) is 0.992.